The van der Waals surface area contributed by atoms with Crippen molar-refractivity contribution in [2.75, 3.05) is 26.8 Å². The number of rotatable bonds is 10. The number of nitrogens with one attached hydrogen (secondary N) is 2. The van der Waals surface area contributed by atoms with E-state index in [1.54, 1.807) is 0 Å². The van der Waals surface area contributed by atoms with Crippen molar-refractivity contribution in [3.63, 3.8) is 0 Å². The van der Waals surface area contributed by atoms with Crippen LogP contribution in [0.25, 0.3) is 0 Å². The highest BCUT2D eigenvalue weighted by Gasteiger charge is 2.15. The molecule has 0 bridgehead atoms. The Balaban J connectivity index is 4.00. The molecule has 16 heavy (non-hydrogen) atoms. The minimum atomic E-state index is -3.46. The van der Waals surface area contributed by atoms with E-state index in [0.29, 0.717) is 13.2 Å². The molecule has 4 N–H and O–H groups in total. The van der Waals surface area contributed by atoms with Gasteiger partial charge in [-0.25, -0.2) is 0 Å². The van der Waals surface area contributed by atoms with Crippen molar-refractivity contribution < 1.29 is 13.2 Å². The van der Waals surface area contributed by atoms with E-state index in [-0.39, 0.29) is 12.6 Å². The molecule has 1 atom stereocenters. The van der Waals surface area contributed by atoms with Gasteiger partial charge in [0.15, 0.2) is 0 Å². The quantitative estimate of drug-likeness (QED) is 0.461. The normalized spacial score (nSPS) is 13.9. The molecule has 0 rings (SSSR count). The molecule has 0 fully saturated rings. The topological polar surface area (TPSA) is 93.5 Å². The van der Waals surface area contributed by atoms with Crippen LogP contribution < -0.4 is 15.2 Å². The molecule has 7 heteroatoms. The largest absolute Gasteiger partial charge is 0.383 e. The molecule has 1 unspecified atom stereocenters. The van der Waals surface area contributed by atoms with Crippen LogP contribution >= 0.6 is 0 Å². The molecule has 0 aliphatic rings. The Morgan fingerprint density at radius 3 is 2.62 bits per heavy atom. The third-order valence-corrected chi connectivity index (χ3v) is 3.34. The van der Waals surface area contributed by atoms with Gasteiger partial charge in [0, 0.05) is 26.2 Å². The van der Waals surface area contributed by atoms with E-state index in [0.717, 1.165) is 19.3 Å². The molecule has 0 aromatic rings. The number of methoxy groups -OCH3 is 1. The molecule has 0 aliphatic carbocycles. The van der Waals surface area contributed by atoms with Gasteiger partial charge in [0.2, 0.25) is 0 Å². The molecule has 0 radical (unpaired) electrons. The van der Waals surface area contributed by atoms with Crippen LogP contribution in [0.2, 0.25) is 0 Å². The zero-order valence-electron chi connectivity index (χ0n) is 10.0. The van der Waals surface area contributed by atoms with Crippen LogP contribution in [0.4, 0.5) is 0 Å². The highest BCUT2D eigenvalue weighted by atomic mass is 32.2. The smallest absolute Gasteiger partial charge is 0.277 e. The SMILES string of the molecule is CCCCC(CN)NS(=O)(=O)NCCOC. The minimum Gasteiger partial charge on any atom is -0.383 e. The summed E-state index contributed by atoms with van der Waals surface area (Å²) in [5.41, 5.74) is 5.50. The Bertz CT molecular complexity index is 257. The number of ether oxygens (including phenoxy) is 1. The van der Waals surface area contributed by atoms with E-state index in [2.05, 4.69) is 16.4 Å². The van der Waals surface area contributed by atoms with Gasteiger partial charge in [-0.1, -0.05) is 19.8 Å². The zero-order valence-corrected chi connectivity index (χ0v) is 10.8. The fraction of sp³-hybridized carbons (Fsp3) is 1.00. The van der Waals surface area contributed by atoms with Gasteiger partial charge in [-0.3, -0.25) is 0 Å². The first-order chi connectivity index (χ1) is 7.55. The first-order valence-electron chi connectivity index (χ1n) is 5.51. The predicted molar refractivity (Wildman–Crippen MR) is 64.3 cm³/mol. The Morgan fingerprint density at radius 2 is 2.12 bits per heavy atom. The lowest BCUT2D eigenvalue weighted by molar-refractivity contribution is 0.204. The van der Waals surface area contributed by atoms with Crippen LogP contribution in [0.15, 0.2) is 0 Å². The van der Waals surface area contributed by atoms with Crippen molar-refractivity contribution in [2.45, 2.75) is 32.2 Å². The minimum absolute atomic E-state index is 0.194. The fourth-order valence-corrected chi connectivity index (χ4v) is 2.30. The lowest BCUT2D eigenvalue weighted by Crippen LogP contribution is -2.46. The van der Waals surface area contributed by atoms with Crippen LogP contribution in [-0.2, 0) is 14.9 Å². The first kappa shape index (κ1) is 15.8. The van der Waals surface area contributed by atoms with E-state index in [9.17, 15) is 8.42 Å². The molecule has 98 valence electrons. The van der Waals surface area contributed by atoms with E-state index in [1.165, 1.54) is 7.11 Å². The molecule has 0 aromatic carbocycles. The average molecular weight is 253 g/mol. The van der Waals surface area contributed by atoms with Gasteiger partial charge in [-0.2, -0.15) is 17.9 Å². The van der Waals surface area contributed by atoms with Gasteiger partial charge >= 0.3 is 0 Å². The number of unbranched alkanes of at least 4 members (excludes halogenated alkanes) is 1. The van der Waals surface area contributed by atoms with Gasteiger partial charge in [0.1, 0.15) is 0 Å². The second-order valence-electron chi connectivity index (χ2n) is 3.58. The van der Waals surface area contributed by atoms with Crippen LogP contribution in [-0.4, -0.2) is 41.3 Å². The van der Waals surface area contributed by atoms with Gasteiger partial charge < -0.3 is 10.5 Å². The Kier molecular flexibility index (Phi) is 8.77. The second kappa shape index (κ2) is 8.89. The lowest BCUT2D eigenvalue weighted by atomic mass is 10.1. The summed E-state index contributed by atoms with van der Waals surface area (Å²) in [7, 11) is -1.94. The Hall–Kier alpha value is -0.210. The zero-order chi connectivity index (χ0) is 12.4. The van der Waals surface area contributed by atoms with Crippen molar-refractivity contribution in [3.05, 3.63) is 0 Å². The maximum Gasteiger partial charge on any atom is 0.277 e. The van der Waals surface area contributed by atoms with Crippen LogP contribution in [0.3, 0.4) is 0 Å². The molecule has 0 aliphatic heterocycles. The molecular formula is C9H23N3O3S. The van der Waals surface area contributed by atoms with Crippen LogP contribution in [0, 0.1) is 0 Å². The molecular weight excluding hydrogens is 230 g/mol. The average Bonchev–Trinajstić information content (AvgIpc) is 2.24. The molecule has 0 aromatic heterocycles. The predicted octanol–water partition coefficient (Wildman–Crippen LogP) is -0.426. The van der Waals surface area contributed by atoms with Gasteiger partial charge in [0.25, 0.3) is 10.2 Å². The van der Waals surface area contributed by atoms with E-state index in [4.69, 9.17) is 10.5 Å². The van der Waals surface area contributed by atoms with E-state index in [1.807, 2.05) is 0 Å². The molecule has 6 nitrogen and oxygen atoms in total. The molecule has 0 amide bonds. The lowest BCUT2D eigenvalue weighted by Gasteiger charge is -2.16. The highest BCUT2D eigenvalue weighted by Crippen LogP contribution is 2.00. The number of hydrogen-bond donors (Lipinski definition) is 3. The fourth-order valence-electron chi connectivity index (χ4n) is 1.21. The summed E-state index contributed by atoms with van der Waals surface area (Å²) < 4.78 is 32.7. The summed E-state index contributed by atoms with van der Waals surface area (Å²) in [6.45, 7) is 2.98. The van der Waals surface area contributed by atoms with Crippen molar-refractivity contribution in [3.8, 4) is 0 Å². The Morgan fingerprint density at radius 1 is 1.44 bits per heavy atom. The number of nitrogens with two attached hydrogens (primary N) is 1. The third kappa shape index (κ3) is 8.00. The molecule has 0 heterocycles. The summed E-state index contributed by atoms with van der Waals surface area (Å²) in [6, 6.07) is -0.194. The molecule has 0 saturated carbocycles. The first-order valence-corrected chi connectivity index (χ1v) is 7.00. The van der Waals surface area contributed by atoms with Gasteiger partial charge in [-0.05, 0) is 6.42 Å². The maximum atomic E-state index is 11.5. The summed E-state index contributed by atoms with van der Waals surface area (Å²) in [4.78, 5) is 0. The maximum absolute atomic E-state index is 11.5. The number of hydrogen-bond acceptors (Lipinski definition) is 4. The van der Waals surface area contributed by atoms with Crippen LogP contribution in [0.5, 0.6) is 0 Å². The summed E-state index contributed by atoms with van der Waals surface area (Å²) in [5, 5.41) is 0. The van der Waals surface area contributed by atoms with Crippen molar-refractivity contribution in [1.29, 1.82) is 0 Å². The monoisotopic (exact) mass is 253 g/mol. The summed E-state index contributed by atoms with van der Waals surface area (Å²) >= 11 is 0. The van der Waals surface area contributed by atoms with Gasteiger partial charge in [0.05, 0.1) is 6.61 Å². The standard InChI is InChI=1S/C9H23N3O3S/c1-3-4-5-9(8-10)12-16(13,14)11-6-7-15-2/h9,11-12H,3-8,10H2,1-2H3. The highest BCUT2D eigenvalue weighted by molar-refractivity contribution is 7.87. The van der Waals surface area contributed by atoms with Crippen molar-refractivity contribution >= 4 is 10.2 Å². The molecule has 0 saturated heterocycles. The second-order valence-corrected chi connectivity index (χ2v) is 5.11. The van der Waals surface area contributed by atoms with E-state index < -0.39 is 10.2 Å². The van der Waals surface area contributed by atoms with Crippen molar-refractivity contribution in [2.24, 2.45) is 5.73 Å². The third-order valence-electron chi connectivity index (χ3n) is 2.11. The van der Waals surface area contributed by atoms with E-state index >= 15 is 0 Å². The van der Waals surface area contributed by atoms with Gasteiger partial charge in [-0.15, -0.1) is 0 Å². The molecule has 0 spiro atoms. The summed E-state index contributed by atoms with van der Waals surface area (Å²) in [5.74, 6) is 0. The summed E-state index contributed by atoms with van der Waals surface area (Å²) in [6.07, 6.45) is 2.75. The van der Waals surface area contributed by atoms with Crippen molar-refractivity contribution in [1.82, 2.24) is 9.44 Å². The Labute approximate surface area is 98.1 Å². The van der Waals surface area contributed by atoms with Crippen LogP contribution in [0.1, 0.15) is 26.2 Å².